The van der Waals surface area contributed by atoms with Crippen LogP contribution in [-0.4, -0.2) is 47.7 Å². The molecule has 0 aromatic heterocycles. The number of hydrogen-bond donors (Lipinski definition) is 3. The van der Waals surface area contributed by atoms with Gasteiger partial charge in [0, 0.05) is 22.7 Å². The van der Waals surface area contributed by atoms with Crippen molar-refractivity contribution < 1.29 is 24.2 Å². The van der Waals surface area contributed by atoms with Crippen molar-refractivity contribution in [1.82, 2.24) is 5.32 Å². The first-order chi connectivity index (χ1) is 16.9. The second-order valence-corrected chi connectivity index (χ2v) is 9.86. The summed E-state index contributed by atoms with van der Waals surface area (Å²) >= 11 is 4.58. The van der Waals surface area contributed by atoms with E-state index in [1.807, 2.05) is 36.4 Å². The van der Waals surface area contributed by atoms with E-state index in [0.29, 0.717) is 22.5 Å². The van der Waals surface area contributed by atoms with Crippen LogP contribution < -0.4 is 10.6 Å². The molecule has 0 fully saturated rings. The van der Waals surface area contributed by atoms with Crippen LogP contribution in [-0.2, 0) is 9.53 Å². The van der Waals surface area contributed by atoms with Crippen LogP contribution in [0.4, 0.5) is 10.5 Å². The second-order valence-electron chi connectivity index (χ2n) is 7.84. The number of carbonyl (C=O) groups excluding carboxylic acids is 2. The summed E-state index contributed by atoms with van der Waals surface area (Å²) in [6, 6.07) is 21.1. The van der Waals surface area contributed by atoms with Crippen molar-refractivity contribution in [2.75, 3.05) is 30.0 Å². The summed E-state index contributed by atoms with van der Waals surface area (Å²) in [5.74, 6) is -0.903. The molecule has 0 aliphatic heterocycles. The molecule has 1 aliphatic rings. The van der Waals surface area contributed by atoms with Crippen LogP contribution in [0.5, 0.6) is 0 Å². The van der Waals surface area contributed by atoms with E-state index in [4.69, 9.17) is 9.84 Å². The number of ether oxygens (including phenoxy) is 1. The Bertz CT molecular complexity index is 1220. The van der Waals surface area contributed by atoms with Crippen LogP contribution in [0.3, 0.4) is 0 Å². The summed E-state index contributed by atoms with van der Waals surface area (Å²) in [4.78, 5) is 35.9. The summed E-state index contributed by atoms with van der Waals surface area (Å²) in [5, 5.41) is 14.1. The summed E-state index contributed by atoms with van der Waals surface area (Å²) in [5.41, 5.74) is 5.11. The minimum Gasteiger partial charge on any atom is -0.481 e. The SMILES string of the molecule is O=C(O)CSCCNC(=O)c1ccc(Br)cc1NC(=O)OCC1c2ccccc2-c2ccccc21. The van der Waals surface area contributed by atoms with Crippen LogP contribution in [0.15, 0.2) is 71.2 Å². The quantitative estimate of drug-likeness (QED) is 0.307. The summed E-state index contributed by atoms with van der Waals surface area (Å²) in [6.07, 6.45) is -0.656. The fourth-order valence-corrected chi connectivity index (χ4v) is 4.98. The van der Waals surface area contributed by atoms with Gasteiger partial charge in [-0.1, -0.05) is 64.5 Å². The molecule has 0 saturated heterocycles. The Morgan fingerprint density at radius 1 is 0.971 bits per heavy atom. The van der Waals surface area contributed by atoms with Crippen molar-refractivity contribution in [3.8, 4) is 11.1 Å². The fraction of sp³-hybridized carbons (Fsp3) is 0.192. The number of carboxylic acids is 1. The van der Waals surface area contributed by atoms with E-state index < -0.39 is 12.1 Å². The van der Waals surface area contributed by atoms with Gasteiger partial charge in [0.05, 0.1) is 17.0 Å². The lowest BCUT2D eigenvalue weighted by Gasteiger charge is -2.16. The molecule has 9 heteroatoms. The number of rotatable bonds is 9. The van der Waals surface area contributed by atoms with Crippen LogP contribution in [0.1, 0.15) is 27.4 Å². The van der Waals surface area contributed by atoms with Gasteiger partial charge in [-0.05, 0) is 40.5 Å². The molecule has 2 amide bonds. The van der Waals surface area contributed by atoms with Crippen molar-refractivity contribution in [2.45, 2.75) is 5.92 Å². The maximum absolute atomic E-state index is 12.7. The van der Waals surface area contributed by atoms with Crippen molar-refractivity contribution in [1.29, 1.82) is 0 Å². The largest absolute Gasteiger partial charge is 0.481 e. The number of amides is 2. The van der Waals surface area contributed by atoms with E-state index in [2.05, 4.69) is 38.7 Å². The molecule has 0 saturated carbocycles. The Balaban J connectivity index is 1.39. The number of anilines is 1. The average Bonchev–Trinajstić information content (AvgIpc) is 3.16. The summed E-state index contributed by atoms with van der Waals surface area (Å²) in [7, 11) is 0. The van der Waals surface area contributed by atoms with Gasteiger partial charge in [0.25, 0.3) is 5.91 Å². The highest BCUT2D eigenvalue weighted by molar-refractivity contribution is 9.10. The number of carbonyl (C=O) groups is 3. The van der Waals surface area contributed by atoms with E-state index in [0.717, 1.165) is 22.3 Å². The third kappa shape index (κ3) is 6.04. The molecule has 3 aromatic rings. The average molecular weight is 555 g/mol. The lowest BCUT2D eigenvalue weighted by atomic mass is 9.98. The highest BCUT2D eigenvalue weighted by Crippen LogP contribution is 2.44. The lowest BCUT2D eigenvalue weighted by Crippen LogP contribution is -2.27. The minimum absolute atomic E-state index is 0.0251. The molecular weight excluding hydrogens is 532 g/mol. The minimum atomic E-state index is -0.899. The second kappa shape index (κ2) is 11.4. The molecule has 0 heterocycles. The molecule has 7 nitrogen and oxygen atoms in total. The Kier molecular flexibility index (Phi) is 8.09. The van der Waals surface area contributed by atoms with Crippen molar-refractivity contribution >= 4 is 51.3 Å². The molecule has 0 atom stereocenters. The zero-order valence-electron chi connectivity index (χ0n) is 18.6. The predicted octanol–water partition coefficient (Wildman–Crippen LogP) is 5.36. The Labute approximate surface area is 215 Å². The first kappa shape index (κ1) is 24.8. The standard InChI is InChI=1S/C26H23BrN2O5S/c27-16-9-10-21(25(32)28-11-12-35-15-24(30)31)23(13-16)29-26(33)34-14-22-19-7-3-1-5-17(19)18-6-2-4-8-20(18)22/h1-10,13,22H,11-12,14-15H2,(H,28,32)(H,29,33)(H,30,31). The van der Waals surface area contributed by atoms with Gasteiger partial charge in [0.15, 0.2) is 0 Å². The highest BCUT2D eigenvalue weighted by atomic mass is 79.9. The number of benzene rings is 3. The summed E-state index contributed by atoms with van der Waals surface area (Å²) < 4.78 is 6.29. The van der Waals surface area contributed by atoms with Crippen LogP contribution >= 0.6 is 27.7 Å². The van der Waals surface area contributed by atoms with E-state index in [1.54, 1.807) is 18.2 Å². The maximum Gasteiger partial charge on any atom is 0.411 e. The maximum atomic E-state index is 12.7. The number of carboxylic acid groups (broad SMARTS) is 1. The molecule has 1 aliphatic carbocycles. The molecule has 35 heavy (non-hydrogen) atoms. The van der Waals surface area contributed by atoms with Gasteiger partial charge < -0.3 is 15.2 Å². The monoisotopic (exact) mass is 554 g/mol. The van der Waals surface area contributed by atoms with E-state index in [-0.39, 0.29) is 29.7 Å². The van der Waals surface area contributed by atoms with Crippen LogP contribution in [0.2, 0.25) is 0 Å². The van der Waals surface area contributed by atoms with E-state index in [1.165, 1.54) is 11.8 Å². The summed E-state index contributed by atoms with van der Waals surface area (Å²) in [6.45, 7) is 0.466. The van der Waals surface area contributed by atoms with E-state index in [9.17, 15) is 14.4 Å². The molecule has 0 spiro atoms. The van der Waals surface area contributed by atoms with Crippen LogP contribution in [0, 0.1) is 0 Å². The number of aliphatic carboxylic acids is 1. The molecular formula is C26H23BrN2O5S. The molecule has 0 unspecified atom stereocenters. The van der Waals surface area contributed by atoms with E-state index >= 15 is 0 Å². The Morgan fingerprint density at radius 2 is 1.63 bits per heavy atom. The molecule has 4 rings (SSSR count). The van der Waals surface area contributed by atoms with Gasteiger partial charge in [-0.2, -0.15) is 0 Å². The van der Waals surface area contributed by atoms with Crippen molar-refractivity contribution in [3.05, 3.63) is 87.9 Å². The predicted molar refractivity (Wildman–Crippen MR) is 140 cm³/mol. The fourth-order valence-electron chi connectivity index (χ4n) is 4.05. The van der Waals surface area contributed by atoms with Crippen molar-refractivity contribution in [2.24, 2.45) is 0 Å². The number of halogens is 1. The first-order valence-corrected chi connectivity index (χ1v) is 12.9. The Morgan fingerprint density at radius 3 is 2.29 bits per heavy atom. The van der Waals surface area contributed by atoms with Gasteiger partial charge in [-0.25, -0.2) is 4.79 Å². The zero-order valence-corrected chi connectivity index (χ0v) is 21.0. The smallest absolute Gasteiger partial charge is 0.411 e. The third-order valence-electron chi connectivity index (χ3n) is 5.56. The molecule has 0 radical (unpaired) electrons. The number of fused-ring (bicyclic) bond motifs is 3. The zero-order chi connectivity index (χ0) is 24.8. The van der Waals surface area contributed by atoms with Gasteiger partial charge >= 0.3 is 12.1 Å². The number of hydrogen-bond acceptors (Lipinski definition) is 5. The molecule has 3 N–H and O–H groups in total. The molecule has 180 valence electrons. The topological polar surface area (TPSA) is 105 Å². The molecule has 3 aromatic carbocycles. The van der Waals surface area contributed by atoms with Gasteiger partial charge in [-0.15, -0.1) is 11.8 Å². The first-order valence-electron chi connectivity index (χ1n) is 10.9. The van der Waals surface area contributed by atoms with Gasteiger partial charge in [-0.3, -0.25) is 14.9 Å². The number of thioether (sulfide) groups is 1. The third-order valence-corrected chi connectivity index (χ3v) is 7.00. The molecule has 0 bridgehead atoms. The van der Waals surface area contributed by atoms with Gasteiger partial charge in [0.1, 0.15) is 6.61 Å². The van der Waals surface area contributed by atoms with Gasteiger partial charge in [0.2, 0.25) is 0 Å². The number of nitrogens with one attached hydrogen (secondary N) is 2. The highest BCUT2D eigenvalue weighted by Gasteiger charge is 2.29. The Hall–Kier alpha value is -3.30. The normalized spacial score (nSPS) is 11.9. The van der Waals surface area contributed by atoms with Crippen molar-refractivity contribution in [3.63, 3.8) is 0 Å². The lowest BCUT2D eigenvalue weighted by molar-refractivity contribution is -0.133. The van der Waals surface area contributed by atoms with Crippen LogP contribution in [0.25, 0.3) is 11.1 Å².